The van der Waals surface area contributed by atoms with Gasteiger partial charge in [-0.05, 0) is 18.8 Å². The van der Waals surface area contributed by atoms with Crippen molar-refractivity contribution >= 4 is 15.9 Å². The summed E-state index contributed by atoms with van der Waals surface area (Å²) in [6.45, 7) is 6.50. The minimum atomic E-state index is -3.25. The Bertz CT molecular complexity index is 623. The monoisotopic (exact) mass is 315 g/mol. The molecule has 0 radical (unpaired) electrons. The van der Waals surface area contributed by atoms with Crippen LogP contribution in [0.5, 0.6) is 0 Å². The molecular weight excluding hydrogens is 294 g/mol. The summed E-state index contributed by atoms with van der Waals surface area (Å²) in [4.78, 5) is 12.1. The van der Waals surface area contributed by atoms with Crippen LogP contribution in [0.4, 0.5) is 0 Å². The molecule has 0 aromatic carbocycles. The zero-order valence-corrected chi connectivity index (χ0v) is 13.5. The van der Waals surface area contributed by atoms with E-state index in [1.165, 1.54) is 10.6 Å². The summed E-state index contributed by atoms with van der Waals surface area (Å²) in [5.41, 5.74) is 0.629. The summed E-state index contributed by atoms with van der Waals surface area (Å²) in [5.74, 6) is 0.126. The van der Waals surface area contributed by atoms with Gasteiger partial charge in [0.05, 0.1) is 11.9 Å². The molecule has 0 aliphatic carbocycles. The van der Waals surface area contributed by atoms with Crippen LogP contribution in [0.1, 0.15) is 30.1 Å². The van der Waals surface area contributed by atoms with Gasteiger partial charge in [-0.15, -0.1) is 0 Å². The van der Waals surface area contributed by atoms with E-state index < -0.39 is 10.0 Å². The number of carbonyl (C=O) groups is 1. The van der Waals surface area contributed by atoms with Crippen molar-refractivity contribution in [3.63, 3.8) is 0 Å². The number of rotatable bonds is 4. The summed E-state index contributed by atoms with van der Waals surface area (Å²) in [6.07, 6.45) is 1.19. The van der Waals surface area contributed by atoms with Crippen molar-refractivity contribution < 1.29 is 17.7 Å². The summed E-state index contributed by atoms with van der Waals surface area (Å²) in [7, 11) is -3.25. The van der Waals surface area contributed by atoms with E-state index in [9.17, 15) is 13.2 Å². The number of aromatic nitrogens is 1. The Morgan fingerprint density at radius 3 is 2.62 bits per heavy atom. The molecule has 0 bridgehead atoms. The normalized spacial score (nSPS) is 23.7. The Morgan fingerprint density at radius 2 is 2.14 bits per heavy atom. The molecule has 1 aliphatic rings. The second kappa shape index (κ2) is 5.76. The van der Waals surface area contributed by atoms with E-state index in [1.807, 2.05) is 13.8 Å². The highest BCUT2D eigenvalue weighted by molar-refractivity contribution is 7.88. The van der Waals surface area contributed by atoms with E-state index in [0.717, 1.165) is 0 Å². The van der Waals surface area contributed by atoms with Crippen molar-refractivity contribution in [1.29, 1.82) is 0 Å². The van der Waals surface area contributed by atoms with Crippen LogP contribution in [0.15, 0.2) is 10.6 Å². The van der Waals surface area contributed by atoms with Crippen molar-refractivity contribution in [2.45, 2.75) is 26.8 Å². The van der Waals surface area contributed by atoms with Gasteiger partial charge in [-0.25, -0.2) is 8.42 Å². The molecule has 0 spiro atoms. The number of carbonyl (C=O) groups excluding carboxylic acids is 1. The molecule has 0 saturated carbocycles. The molecule has 118 valence electrons. The summed E-state index contributed by atoms with van der Waals surface area (Å²) >= 11 is 0. The predicted octanol–water partition coefficient (Wildman–Crippen LogP) is 0.629. The molecular formula is C13H21N3O4S. The molecule has 1 aromatic rings. The number of aryl methyl sites for hydroxylation is 1. The van der Waals surface area contributed by atoms with Crippen molar-refractivity contribution in [3.8, 4) is 0 Å². The minimum Gasteiger partial charge on any atom is -0.351 e. The second-order valence-corrected chi connectivity index (χ2v) is 7.88. The van der Waals surface area contributed by atoms with E-state index in [4.69, 9.17) is 4.52 Å². The maximum Gasteiger partial charge on any atom is 0.290 e. The number of amides is 1. The Labute approximate surface area is 124 Å². The highest BCUT2D eigenvalue weighted by Gasteiger charge is 2.39. The van der Waals surface area contributed by atoms with Crippen LogP contribution in [0, 0.1) is 18.8 Å². The molecule has 1 N–H and O–H groups in total. The largest absolute Gasteiger partial charge is 0.351 e. The number of nitrogens with zero attached hydrogens (tertiary/aromatic N) is 2. The van der Waals surface area contributed by atoms with Crippen LogP contribution in [0.2, 0.25) is 0 Å². The first-order valence-corrected chi connectivity index (χ1v) is 8.72. The average molecular weight is 315 g/mol. The van der Waals surface area contributed by atoms with Crippen molar-refractivity contribution in [1.82, 2.24) is 14.8 Å². The highest BCUT2D eigenvalue weighted by Crippen LogP contribution is 2.26. The topological polar surface area (TPSA) is 92.5 Å². The Hall–Kier alpha value is -1.41. The first-order valence-electron chi connectivity index (χ1n) is 6.87. The molecule has 0 unspecified atom stereocenters. The summed E-state index contributed by atoms with van der Waals surface area (Å²) in [6, 6.07) is 1.33. The van der Waals surface area contributed by atoms with Crippen LogP contribution in [0.25, 0.3) is 0 Å². The van der Waals surface area contributed by atoms with E-state index in [0.29, 0.717) is 18.8 Å². The van der Waals surface area contributed by atoms with Gasteiger partial charge < -0.3 is 9.84 Å². The number of nitrogens with one attached hydrogen (secondary N) is 1. The minimum absolute atomic E-state index is 0.0766. The zero-order valence-electron chi connectivity index (χ0n) is 12.7. The molecule has 1 aliphatic heterocycles. The fourth-order valence-corrected chi connectivity index (χ4v) is 3.48. The van der Waals surface area contributed by atoms with Crippen LogP contribution < -0.4 is 5.32 Å². The fraction of sp³-hybridized carbons (Fsp3) is 0.692. The number of hydrogen-bond acceptors (Lipinski definition) is 5. The molecule has 2 heterocycles. The molecule has 2 rings (SSSR count). The third kappa shape index (κ3) is 3.62. The second-order valence-electron chi connectivity index (χ2n) is 5.90. The predicted molar refractivity (Wildman–Crippen MR) is 77.2 cm³/mol. The molecule has 7 nitrogen and oxygen atoms in total. The zero-order chi connectivity index (χ0) is 15.8. The lowest BCUT2D eigenvalue weighted by Gasteiger charge is -2.22. The van der Waals surface area contributed by atoms with Crippen LogP contribution >= 0.6 is 0 Å². The Morgan fingerprint density at radius 1 is 1.48 bits per heavy atom. The van der Waals surface area contributed by atoms with E-state index in [1.54, 1.807) is 13.0 Å². The first-order chi connectivity index (χ1) is 9.68. The lowest BCUT2D eigenvalue weighted by atomic mass is 9.91. The number of sulfonamides is 1. The van der Waals surface area contributed by atoms with E-state index >= 15 is 0 Å². The van der Waals surface area contributed by atoms with Gasteiger partial charge in [0.2, 0.25) is 15.8 Å². The van der Waals surface area contributed by atoms with Crippen molar-refractivity contribution in [3.05, 3.63) is 17.5 Å². The smallest absolute Gasteiger partial charge is 0.290 e. The van der Waals surface area contributed by atoms with Gasteiger partial charge >= 0.3 is 0 Å². The lowest BCUT2D eigenvalue weighted by Crippen LogP contribution is -2.42. The lowest BCUT2D eigenvalue weighted by molar-refractivity contribution is 0.0888. The SMILES string of the molecule is Cc1cc(C(=O)N[C@H]2CN(S(C)(=O)=O)C[C@@H]2C(C)C)on1. The van der Waals surface area contributed by atoms with Gasteiger partial charge in [0, 0.05) is 25.2 Å². The van der Waals surface area contributed by atoms with Gasteiger partial charge in [-0.2, -0.15) is 4.31 Å². The van der Waals surface area contributed by atoms with Gasteiger partial charge in [0.15, 0.2) is 0 Å². The van der Waals surface area contributed by atoms with Crippen LogP contribution in [-0.4, -0.2) is 49.2 Å². The molecule has 1 aromatic heterocycles. The molecule has 2 atom stereocenters. The maximum absolute atomic E-state index is 12.1. The molecule has 1 saturated heterocycles. The molecule has 21 heavy (non-hydrogen) atoms. The Kier molecular flexibility index (Phi) is 4.38. The third-order valence-electron chi connectivity index (χ3n) is 3.83. The van der Waals surface area contributed by atoms with Crippen LogP contribution in [-0.2, 0) is 10.0 Å². The molecule has 8 heteroatoms. The Balaban J connectivity index is 2.12. The highest BCUT2D eigenvalue weighted by atomic mass is 32.2. The van der Waals surface area contributed by atoms with Gasteiger partial charge in [-0.1, -0.05) is 19.0 Å². The summed E-state index contributed by atoms with van der Waals surface area (Å²) in [5, 5.41) is 6.54. The van der Waals surface area contributed by atoms with Crippen molar-refractivity contribution in [2.24, 2.45) is 11.8 Å². The third-order valence-corrected chi connectivity index (χ3v) is 5.06. The van der Waals surface area contributed by atoms with Crippen LogP contribution in [0.3, 0.4) is 0 Å². The summed E-state index contributed by atoms with van der Waals surface area (Å²) < 4.78 is 29.7. The number of hydrogen-bond donors (Lipinski definition) is 1. The standard InChI is InChI=1S/C13H21N3O4S/c1-8(2)10-6-16(21(4,18)19)7-11(10)14-13(17)12-5-9(3)15-20-12/h5,8,10-11H,6-7H2,1-4H3,(H,14,17)/t10-,11+/m1/s1. The molecule has 1 fully saturated rings. The maximum atomic E-state index is 12.1. The average Bonchev–Trinajstić information content (AvgIpc) is 2.94. The quantitative estimate of drug-likeness (QED) is 0.879. The van der Waals surface area contributed by atoms with Gasteiger partial charge in [-0.3, -0.25) is 4.79 Å². The van der Waals surface area contributed by atoms with E-state index in [2.05, 4.69) is 10.5 Å². The first kappa shape index (κ1) is 16.0. The van der Waals surface area contributed by atoms with Crippen molar-refractivity contribution in [2.75, 3.05) is 19.3 Å². The molecule has 1 amide bonds. The fourth-order valence-electron chi connectivity index (χ4n) is 2.60. The van der Waals surface area contributed by atoms with E-state index in [-0.39, 0.29) is 29.5 Å². The van der Waals surface area contributed by atoms with Gasteiger partial charge in [0.25, 0.3) is 5.91 Å². The van der Waals surface area contributed by atoms with Gasteiger partial charge in [0.1, 0.15) is 0 Å².